The van der Waals surface area contributed by atoms with Crippen LogP contribution in [0.3, 0.4) is 0 Å². The number of benzene rings is 2. The molecule has 94 valence electrons. The minimum atomic E-state index is -3.43. The Labute approximate surface area is 120 Å². The molecule has 2 aromatic rings. The molecular weight excluding hydrogens is 361 g/mol. The van der Waals surface area contributed by atoms with E-state index in [1.165, 1.54) is 0 Å². The first-order valence-corrected chi connectivity index (χ1v) is 7.94. The van der Waals surface area contributed by atoms with E-state index in [4.69, 9.17) is 0 Å². The summed E-state index contributed by atoms with van der Waals surface area (Å²) in [7, 11) is -3.43. The standard InChI is InChI=1S/C13H12INO2S/c14-13-9-5-4-6-11(13)10-15-18(16,17)12-7-2-1-3-8-12/h1-9,15H,10H2. The van der Waals surface area contributed by atoms with Gasteiger partial charge < -0.3 is 0 Å². The van der Waals surface area contributed by atoms with Crippen LogP contribution in [0, 0.1) is 3.57 Å². The molecule has 1 N–H and O–H groups in total. The Hall–Kier alpha value is -0.920. The lowest BCUT2D eigenvalue weighted by molar-refractivity contribution is 0.581. The third-order valence-electron chi connectivity index (χ3n) is 2.46. The first kappa shape index (κ1) is 13.5. The summed E-state index contributed by atoms with van der Waals surface area (Å²) in [6, 6.07) is 16.1. The molecule has 0 saturated heterocycles. The lowest BCUT2D eigenvalue weighted by Crippen LogP contribution is -2.23. The molecule has 0 aliphatic carbocycles. The Morgan fingerprint density at radius 3 is 2.22 bits per heavy atom. The van der Waals surface area contributed by atoms with Crippen LogP contribution >= 0.6 is 22.6 Å². The van der Waals surface area contributed by atoms with Gasteiger partial charge in [0, 0.05) is 10.1 Å². The van der Waals surface area contributed by atoms with Gasteiger partial charge in [0.1, 0.15) is 0 Å². The third kappa shape index (κ3) is 3.30. The predicted octanol–water partition coefficient (Wildman–Crippen LogP) is 2.77. The third-order valence-corrected chi connectivity index (χ3v) is 4.93. The van der Waals surface area contributed by atoms with Crippen molar-refractivity contribution in [3.05, 3.63) is 63.7 Å². The second-order valence-electron chi connectivity index (χ2n) is 3.73. The van der Waals surface area contributed by atoms with Crippen LogP contribution in [0.4, 0.5) is 0 Å². The van der Waals surface area contributed by atoms with Crippen molar-refractivity contribution >= 4 is 32.6 Å². The molecule has 0 unspecified atom stereocenters. The molecule has 0 aliphatic rings. The number of rotatable bonds is 4. The van der Waals surface area contributed by atoms with Crippen molar-refractivity contribution in [3.8, 4) is 0 Å². The summed E-state index contributed by atoms with van der Waals surface area (Å²) in [6.45, 7) is 0.302. The summed E-state index contributed by atoms with van der Waals surface area (Å²) in [5, 5.41) is 0. The molecule has 0 atom stereocenters. The van der Waals surface area contributed by atoms with E-state index in [-0.39, 0.29) is 4.90 Å². The Morgan fingerprint density at radius 1 is 0.944 bits per heavy atom. The van der Waals surface area contributed by atoms with Gasteiger partial charge in [-0.15, -0.1) is 0 Å². The van der Waals surface area contributed by atoms with E-state index >= 15 is 0 Å². The van der Waals surface area contributed by atoms with Crippen LogP contribution in [0.15, 0.2) is 59.5 Å². The highest BCUT2D eigenvalue weighted by molar-refractivity contribution is 14.1. The highest BCUT2D eigenvalue weighted by atomic mass is 127. The molecule has 2 aromatic carbocycles. The molecule has 0 aromatic heterocycles. The monoisotopic (exact) mass is 373 g/mol. The average molecular weight is 373 g/mol. The van der Waals surface area contributed by atoms with Gasteiger partial charge in [0.25, 0.3) is 0 Å². The predicted molar refractivity (Wildman–Crippen MR) is 79.6 cm³/mol. The van der Waals surface area contributed by atoms with E-state index in [1.807, 2.05) is 24.3 Å². The van der Waals surface area contributed by atoms with Gasteiger partial charge in [-0.3, -0.25) is 0 Å². The van der Waals surface area contributed by atoms with Gasteiger partial charge in [0.2, 0.25) is 10.0 Å². The van der Waals surface area contributed by atoms with Crippen LogP contribution in [0.25, 0.3) is 0 Å². The summed E-state index contributed by atoms with van der Waals surface area (Å²) in [4.78, 5) is 0.288. The van der Waals surface area contributed by atoms with Crippen molar-refractivity contribution in [2.45, 2.75) is 11.4 Å². The summed E-state index contributed by atoms with van der Waals surface area (Å²) < 4.78 is 27.7. The van der Waals surface area contributed by atoms with Crippen molar-refractivity contribution in [1.29, 1.82) is 0 Å². The van der Waals surface area contributed by atoms with Gasteiger partial charge in [-0.25, -0.2) is 13.1 Å². The topological polar surface area (TPSA) is 46.2 Å². The molecule has 18 heavy (non-hydrogen) atoms. The molecule has 0 aliphatic heterocycles. The Balaban J connectivity index is 2.14. The molecule has 0 saturated carbocycles. The molecule has 5 heteroatoms. The van der Waals surface area contributed by atoms with Gasteiger partial charge in [-0.2, -0.15) is 0 Å². The van der Waals surface area contributed by atoms with Crippen LogP contribution in [0.1, 0.15) is 5.56 Å². The fourth-order valence-corrected chi connectivity index (χ4v) is 3.10. The number of hydrogen-bond acceptors (Lipinski definition) is 2. The van der Waals surface area contributed by atoms with E-state index in [9.17, 15) is 8.42 Å². The van der Waals surface area contributed by atoms with Gasteiger partial charge in [0.15, 0.2) is 0 Å². The van der Waals surface area contributed by atoms with Crippen molar-refractivity contribution in [2.24, 2.45) is 0 Å². The van der Waals surface area contributed by atoms with Crippen molar-refractivity contribution in [1.82, 2.24) is 4.72 Å². The van der Waals surface area contributed by atoms with Gasteiger partial charge in [-0.05, 0) is 46.4 Å². The maximum atomic E-state index is 12.0. The van der Waals surface area contributed by atoms with E-state index in [0.717, 1.165) is 9.13 Å². The molecule has 0 bridgehead atoms. The molecule has 3 nitrogen and oxygen atoms in total. The van der Waals surface area contributed by atoms with Crippen molar-refractivity contribution < 1.29 is 8.42 Å². The molecular formula is C13H12INO2S. The average Bonchev–Trinajstić information content (AvgIpc) is 2.39. The Kier molecular flexibility index (Phi) is 4.36. The van der Waals surface area contributed by atoms with Crippen LogP contribution in [0.5, 0.6) is 0 Å². The van der Waals surface area contributed by atoms with Crippen LogP contribution in [-0.2, 0) is 16.6 Å². The molecule has 0 fully saturated rings. The smallest absolute Gasteiger partial charge is 0.207 e. The van der Waals surface area contributed by atoms with Gasteiger partial charge in [-0.1, -0.05) is 36.4 Å². The first-order valence-electron chi connectivity index (χ1n) is 5.38. The minimum Gasteiger partial charge on any atom is -0.207 e. The van der Waals surface area contributed by atoms with Gasteiger partial charge in [0.05, 0.1) is 4.90 Å². The zero-order valence-corrected chi connectivity index (χ0v) is 12.5. The first-order chi connectivity index (χ1) is 8.59. The molecule has 0 spiro atoms. The number of halogens is 1. The van der Waals surface area contributed by atoms with Crippen molar-refractivity contribution in [3.63, 3.8) is 0 Å². The van der Waals surface area contributed by atoms with E-state index in [2.05, 4.69) is 27.3 Å². The summed E-state index contributed by atoms with van der Waals surface area (Å²) >= 11 is 2.19. The van der Waals surface area contributed by atoms with Gasteiger partial charge >= 0.3 is 0 Å². The van der Waals surface area contributed by atoms with E-state index < -0.39 is 10.0 Å². The Morgan fingerprint density at radius 2 is 1.56 bits per heavy atom. The fourth-order valence-electron chi connectivity index (χ4n) is 1.50. The minimum absolute atomic E-state index is 0.288. The van der Waals surface area contributed by atoms with E-state index in [1.54, 1.807) is 30.3 Å². The number of sulfonamides is 1. The zero-order chi connectivity index (χ0) is 13.0. The lowest BCUT2D eigenvalue weighted by atomic mass is 10.2. The highest BCUT2D eigenvalue weighted by Gasteiger charge is 2.13. The second-order valence-corrected chi connectivity index (χ2v) is 6.66. The largest absolute Gasteiger partial charge is 0.240 e. The van der Waals surface area contributed by atoms with Crippen molar-refractivity contribution in [2.75, 3.05) is 0 Å². The molecule has 0 radical (unpaired) electrons. The Bertz CT molecular complexity index is 626. The summed E-state index contributed by atoms with van der Waals surface area (Å²) in [5.41, 5.74) is 0.970. The maximum Gasteiger partial charge on any atom is 0.240 e. The number of hydrogen-bond donors (Lipinski definition) is 1. The highest BCUT2D eigenvalue weighted by Crippen LogP contribution is 2.13. The molecule has 0 amide bonds. The fraction of sp³-hybridized carbons (Fsp3) is 0.0769. The maximum absolute atomic E-state index is 12.0. The summed E-state index contributed by atoms with van der Waals surface area (Å²) in [5.74, 6) is 0. The molecule has 0 heterocycles. The lowest BCUT2D eigenvalue weighted by Gasteiger charge is -2.08. The van der Waals surface area contributed by atoms with Crippen LogP contribution < -0.4 is 4.72 Å². The second kappa shape index (κ2) is 5.81. The number of nitrogens with one attached hydrogen (secondary N) is 1. The SMILES string of the molecule is O=S(=O)(NCc1ccccc1I)c1ccccc1. The van der Waals surface area contributed by atoms with Crippen LogP contribution in [-0.4, -0.2) is 8.42 Å². The van der Waals surface area contributed by atoms with Crippen LogP contribution in [0.2, 0.25) is 0 Å². The van der Waals surface area contributed by atoms with E-state index in [0.29, 0.717) is 6.54 Å². The normalized spacial score (nSPS) is 11.4. The molecule has 2 rings (SSSR count). The summed E-state index contributed by atoms with van der Waals surface area (Å²) in [6.07, 6.45) is 0. The zero-order valence-electron chi connectivity index (χ0n) is 9.51. The quantitative estimate of drug-likeness (QED) is 0.838.